The molecule has 5 nitrogen and oxygen atoms in total. The van der Waals surface area contributed by atoms with Crippen molar-refractivity contribution >= 4 is 18.5 Å². The van der Waals surface area contributed by atoms with Crippen molar-refractivity contribution in [1.82, 2.24) is 5.32 Å². The quantitative estimate of drug-likeness (QED) is 0.587. The lowest BCUT2D eigenvalue weighted by atomic mass is 9.79. The van der Waals surface area contributed by atoms with E-state index in [2.05, 4.69) is 26.1 Å². The minimum Gasteiger partial charge on any atom is -0.494 e. The van der Waals surface area contributed by atoms with E-state index < -0.39 is 0 Å². The van der Waals surface area contributed by atoms with E-state index in [4.69, 9.17) is 14.0 Å². The summed E-state index contributed by atoms with van der Waals surface area (Å²) in [7, 11) is -0.359. The molecule has 1 aromatic rings. The summed E-state index contributed by atoms with van der Waals surface area (Å²) >= 11 is 0. The van der Waals surface area contributed by atoms with Gasteiger partial charge in [0.2, 0.25) is 5.91 Å². The van der Waals surface area contributed by atoms with E-state index in [9.17, 15) is 4.79 Å². The molecule has 1 heterocycles. The zero-order chi connectivity index (χ0) is 20.3. The van der Waals surface area contributed by atoms with Gasteiger partial charge in [0.15, 0.2) is 0 Å². The highest BCUT2D eigenvalue weighted by Crippen LogP contribution is 2.36. The Balaban J connectivity index is 1.73. The Hall–Kier alpha value is -1.53. The average molecular weight is 375 g/mol. The third kappa shape index (κ3) is 6.25. The molecule has 1 amide bonds. The van der Waals surface area contributed by atoms with Gasteiger partial charge in [-0.15, -0.1) is 0 Å². The summed E-state index contributed by atoms with van der Waals surface area (Å²) in [5.41, 5.74) is 0.309. The molecular formula is C21H34BNO4. The van der Waals surface area contributed by atoms with Crippen LogP contribution >= 0.6 is 0 Å². The smallest absolute Gasteiger partial charge is 0.494 e. The van der Waals surface area contributed by atoms with Crippen LogP contribution in [0.15, 0.2) is 24.3 Å². The Morgan fingerprint density at radius 1 is 1.07 bits per heavy atom. The van der Waals surface area contributed by atoms with Crippen molar-refractivity contribution < 1.29 is 18.8 Å². The number of carbonyl (C=O) groups is 1. The van der Waals surface area contributed by atoms with Crippen molar-refractivity contribution in [2.75, 3.05) is 13.2 Å². The van der Waals surface area contributed by atoms with Crippen molar-refractivity contribution in [3.63, 3.8) is 0 Å². The van der Waals surface area contributed by atoms with Crippen LogP contribution in [0.1, 0.15) is 61.3 Å². The van der Waals surface area contributed by atoms with E-state index in [1.807, 2.05) is 52.0 Å². The molecule has 1 aliphatic heterocycles. The van der Waals surface area contributed by atoms with Crippen LogP contribution in [0.2, 0.25) is 0 Å². The van der Waals surface area contributed by atoms with Crippen molar-refractivity contribution in [2.24, 2.45) is 5.41 Å². The van der Waals surface area contributed by atoms with Crippen LogP contribution in [-0.2, 0) is 14.1 Å². The monoisotopic (exact) mass is 375 g/mol. The van der Waals surface area contributed by atoms with Crippen LogP contribution in [0.5, 0.6) is 5.75 Å². The number of benzene rings is 1. The molecule has 150 valence electrons. The first-order valence-corrected chi connectivity index (χ1v) is 9.75. The van der Waals surface area contributed by atoms with E-state index in [0.29, 0.717) is 19.6 Å². The molecule has 1 fully saturated rings. The lowest BCUT2D eigenvalue weighted by Gasteiger charge is -2.32. The topological polar surface area (TPSA) is 56.8 Å². The van der Waals surface area contributed by atoms with Gasteiger partial charge >= 0.3 is 7.12 Å². The second-order valence-electron chi connectivity index (χ2n) is 9.45. The summed E-state index contributed by atoms with van der Waals surface area (Å²) in [5, 5.41) is 2.93. The molecule has 0 saturated carbocycles. The van der Waals surface area contributed by atoms with Gasteiger partial charge in [-0.25, -0.2) is 0 Å². The fourth-order valence-corrected chi connectivity index (χ4v) is 2.73. The van der Waals surface area contributed by atoms with Crippen molar-refractivity contribution in [3.05, 3.63) is 24.3 Å². The van der Waals surface area contributed by atoms with Gasteiger partial charge in [-0.05, 0) is 57.1 Å². The molecule has 1 saturated heterocycles. The number of hydrogen-bond donors (Lipinski definition) is 1. The largest absolute Gasteiger partial charge is 0.494 e. The summed E-state index contributed by atoms with van der Waals surface area (Å²) < 4.78 is 17.9. The van der Waals surface area contributed by atoms with Crippen LogP contribution in [0.4, 0.5) is 0 Å². The molecule has 2 rings (SSSR count). The average Bonchev–Trinajstić information content (AvgIpc) is 2.74. The predicted octanol–water partition coefficient (Wildman–Crippen LogP) is 3.31. The molecule has 1 N–H and O–H groups in total. The lowest BCUT2D eigenvalue weighted by Crippen LogP contribution is -2.41. The van der Waals surface area contributed by atoms with Crippen LogP contribution in [0, 0.1) is 5.41 Å². The minimum absolute atomic E-state index is 0.0134. The molecular weight excluding hydrogens is 341 g/mol. The number of carbonyl (C=O) groups excluding carboxylic acids is 1. The molecule has 0 radical (unpaired) electrons. The molecule has 1 aromatic carbocycles. The molecule has 27 heavy (non-hydrogen) atoms. The number of nitrogens with one attached hydrogen (secondary N) is 1. The highest BCUT2D eigenvalue weighted by molar-refractivity contribution is 6.62. The Kier molecular flexibility index (Phi) is 6.64. The molecule has 0 unspecified atom stereocenters. The Morgan fingerprint density at radius 3 is 2.15 bits per heavy atom. The van der Waals surface area contributed by atoms with Gasteiger partial charge < -0.3 is 19.4 Å². The van der Waals surface area contributed by atoms with Crippen LogP contribution in [-0.4, -0.2) is 37.4 Å². The Bertz CT molecular complexity index is 619. The van der Waals surface area contributed by atoms with Crippen LogP contribution in [0.3, 0.4) is 0 Å². The summed E-state index contributed by atoms with van der Waals surface area (Å²) in [6.45, 7) is 15.5. The van der Waals surface area contributed by atoms with Gasteiger partial charge in [-0.3, -0.25) is 4.79 Å². The zero-order valence-corrected chi connectivity index (χ0v) is 17.8. The van der Waals surface area contributed by atoms with E-state index in [1.54, 1.807) is 0 Å². The van der Waals surface area contributed by atoms with Gasteiger partial charge in [-0.2, -0.15) is 0 Å². The maximum atomic E-state index is 11.8. The summed E-state index contributed by atoms with van der Waals surface area (Å²) in [6.07, 6.45) is 1.31. The molecule has 6 heteroatoms. The van der Waals surface area contributed by atoms with Gasteiger partial charge in [0.25, 0.3) is 0 Å². The predicted molar refractivity (Wildman–Crippen MR) is 109 cm³/mol. The second-order valence-corrected chi connectivity index (χ2v) is 9.45. The molecule has 1 aliphatic rings. The first kappa shape index (κ1) is 21.8. The van der Waals surface area contributed by atoms with Gasteiger partial charge in [0, 0.05) is 13.0 Å². The van der Waals surface area contributed by atoms with Crippen molar-refractivity contribution in [2.45, 2.75) is 72.5 Å². The first-order chi connectivity index (χ1) is 12.4. The first-order valence-electron chi connectivity index (χ1n) is 9.75. The maximum Gasteiger partial charge on any atom is 0.494 e. The number of ether oxygens (including phenoxy) is 1. The lowest BCUT2D eigenvalue weighted by molar-refractivity contribution is -0.122. The Morgan fingerprint density at radius 2 is 1.63 bits per heavy atom. The molecule has 0 bridgehead atoms. The molecule has 0 aromatic heterocycles. The van der Waals surface area contributed by atoms with Crippen molar-refractivity contribution in [3.8, 4) is 5.75 Å². The van der Waals surface area contributed by atoms with E-state index in [1.165, 1.54) is 0 Å². The minimum atomic E-state index is -0.359. The van der Waals surface area contributed by atoms with Crippen LogP contribution in [0.25, 0.3) is 0 Å². The zero-order valence-electron chi connectivity index (χ0n) is 17.8. The molecule has 0 aliphatic carbocycles. The SMILES string of the molecule is CC(C)(C)CC(=O)NCCCOc1ccc(B2OC(C)(C)C(C)(C)O2)cc1. The number of hydrogen-bond acceptors (Lipinski definition) is 4. The van der Waals surface area contributed by atoms with E-state index in [0.717, 1.165) is 17.6 Å². The normalized spacial score (nSPS) is 18.4. The van der Waals surface area contributed by atoms with Gasteiger partial charge in [0.1, 0.15) is 5.75 Å². The van der Waals surface area contributed by atoms with E-state index in [-0.39, 0.29) is 29.6 Å². The number of rotatable bonds is 7. The maximum absolute atomic E-state index is 11.8. The fourth-order valence-electron chi connectivity index (χ4n) is 2.73. The summed E-state index contributed by atoms with van der Waals surface area (Å²) in [6, 6.07) is 7.81. The highest BCUT2D eigenvalue weighted by atomic mass is 16.7. The summed E-state index contributed by atoms with van der Waals surface area (Å²) in [4.78, 5) is 11.8. The third-order valence-electron chi connectivity index (χ3n) is 5.01. The van der Waals surface area contributed by atoms with Crippen LogP contribution < -0.4 is 15.5 Å². The highest BCUT2D eigenvalue weighted by Gasteiger charge is 2.51. The number of amides is 1. The fraction of sp³-hybridized carbons (Fsp3) is 0.667. The van der Waals surface area contributed by atoms with Gasteiger partial charge in [0.05, 0.1) is 17.8 Å². The molecule has 0 spiro atoms. The standard InChI is InChI=1S/C21H34BNO4/c1-19(2,3)15-18(24)23-13-8-14-25-17-11-9-16(10-12-17)22-26-20(4,5)21(6,7)27-22/h9-12H,8,13-15H2,1-7H3,(H,23,24). The second kappa shape index (κ2) is 8.23. The van der Waals surface area contributed by atoms with E-state index >= 15 is 0 Å². The third-order valence-corrected chi connectivity index (χ3v) is 5.01. The molecule has 0 atom stereocenters. The Labute approximate surface area is 164 Å². The van der Waals surface area contributed by atoms with Gasteiger partial charge in [-0.1, -0.05) is 32.9 Å². The van der Waals surface area contributed by atoms with Crippen molar-refractivity contribution in [1.29, 1.82) is 0 Å². The summed E-state index contributed by atoms with van der Waals surface area (Å²) in [5.74, 6) is 0.894.